The van der Waals surface area contributed by atoms with Gasteiger partial charge < -0.3 is 5.32 Å². The Balaban J connectivity index is 1.43. The maximum Gasteiger partial charge on any atom is 0.264 e. The minimum Gasteiger partial charge on any atom is -0.300 e. The van der Waals surface area contributed by atoms with E-state index in [-0.39, 0.29) is 5.91 Å². The van der Waals surface area contributed by atoms with E-state index in [9.17, 15) is 4.79 Å². The summed E-state index contributed by atoms with van der Waals surface area (Å²) in [6.07, 6.45) is 3.62. The first kappa shape index (κ1) is 19.9. The normalized spacial score (nSPS) is 16.4. The lowest BCUT2D eigenvalue weighted by molar-refractivity contribution is -0.115. The van der Waals surface area contributed by atoms with Crippen LogP contribution in [0.5, 0.6) is 0 Å². The van der Waals surface area contributed by atoms with Crippen molar-refractivity contribution in [2.45, 2.75) is 6.92 Å². The highest BCUT2D eigenvalue weighted by molar-refractivity contribution is 8.18. The summed E-state index contributed by atoms with van der Waals surface area (Å²) in [5.41, 5.74) is 4.25. The lowest BCUT2D eigenvalue weighted by Crippen LogP contribution is -2.19. The molecule has 2 aromatic carbocycles. The van der Waals surface area contributed by atoms with E-state index in [1.165, 1.54) is 11.8 Å². The number of thioether (sulfide) groups is 1. The highest BCUT2D eigenvalue weighted by Crippen LogP contribution is 2.34. The van der Waals surface area contributed by atoms with E-state index in [1.54, 1.807) is 23.6 Å². The first-order valence-electron chi connectivity index (χ1n) is 9.41. The molecule has 5 rings (SSSR count). The van der Waals surface area contributed by atoms with E-state index in [0.717, 1.165) is 32.7 Å². The number of fused-ring (bicyclic) bond motifs is 1. The first-order chi connectivity index (χ1) is 15.0. The fourth-order valence-corrected chi connectivity index (χ4v) is 4.80. The van der Waals surface area contributed by atoms with Crippen LogP contribution in [0.1, 0.15) is 10.6 Å². The number of thiazole rings is 1. The molecule has 5 nitrogen and oxygen atoms in total. The van der Waals surface area contributed by atoms with Crippen LogP contribution in [-0.2, 0) is 4.79 Å². The van der Waals surface area contributed by atoms with Gasteiger partial charge in [0, 0.05) is 22.5 Å². The predicted octanol–water partition coefficient (Wildman–Crippen LogP) is 6.21. The summed E-state index contributed by atoms with van der Waals surface area (Å²) in [5.74, 6) is -0.183. The number of nitrogens with zero attached hydrogens (tertiary/aromatic N) is 3. The SMILES string of the molecule is Cc1nc(-c2ccc(Cl)c(N=C3NC(=O)/C(=C/c4ccc5ncccc5c4)S3)c2)cs1. The van der Waals surface area contributed by atoms with Gasteiger partial charge in [-0.3, -0.25) is 9.78 Å². The highest BCUT2D eigenvalue weighted by atomic mass is 35.5. The van der Waals surface area contributed by atoms with E-state index < -0.39 is 0 Å². The maximum atomic E-state index is 12.5. The maximum absolute atomic E-state index is 12.5. The predicted molar refractivity (Wildman–Crippen MR) is 130 cm³/mol. The van der Waals surface area contributed by atoms with Crippen molar-refractivity contribution < 1.29 is 4.79 Å². The topological polar surface area (TPSA) is 67.2 Å². The van der Waals surface area contributed by atoms with Crippen molar-refractivity contribution in [2.24, 2.45) is 4.99 Å². The van der Waals surface area contributed by atoms with Gasteiger partial charge in [-0.05, 0) is 60.7 Å². The van der Waals surface area contributed by atoms with Crippen LogP contribution in [0.2, 0.25) is 5.02 Å². The molecule has 2 aromatic heterocycles. The monoisotopic (exact) mass is 462 g/mol. The second-order valence-electron chi connectivity index (χ2n) is 6.86. The fraction of sp³-hybridized carbons (Fsp3) is 0.0435. The summed E-state index contributed by atoms with van der Waals surface area (Å²) in [6.45, 7) is 1.97. The highest BCUT2D eigenvalue weighted by Gasteiger charge is 2.24. The molecule has 4 aromatic rings. The first-order valence-corrected chi connectivity index (χ1v) is 11.5. The van der Waals surface area contributed by atoms with Crippen molar-refractivity contribution in [2.75, 3.05) is 0 Å². The molecule has 0 aliphatic carbocycles. The number of hydrogen-bond donors (Lipinski definition) is 1. The molecule has 0 radical (unpaired) electrons. The lowest BCUT2D eigenvalue weighted by Gasteiger charge is -2.03. The third kappa shape index (κ3) is 4.25. The largest absolute Gasteiger partial charge is 0.300 e. The number of benzene rings is 2. The van der Waals surface area contributed by atoms with Crippen LogP contribution in [-0.4, -0.2) is 21.0 Å². The Labute approximate surface area is 191 Å². The van der Waals surface area contributed by atoms with Gasteiger partial charge in [0.1, 0.15) is 0 Å². The minimum atomic E-state index is -0.183. The molecule has 0 spiro atoms. The van der Waals surface area contributed by atoms with Crippen LogP contribution < -0.4 is 5.32 Å². The van der Waals surface area contributed by atoms with Crippen LogP contribution in [0.25, 0.3) is 28.2 Å². The molecule has 1 N–H and O–H groups in total. The zero-order valence-electron chi connectivity index (χ0n) is 16.3. The molecule has 0 atom stereocenters. The number of carbonyl (C=O) groups excluding carboxylic acids is 1. The van der Waals surface area contributed by atoms with Crippen molar-refractivity contribution >= 4 is 68.4 Å². The molecule has 31 heavy (non-hydrogen) atoms. The molecule has 1 amide bonds. The van der Waals surface area contributed by atoms with E-state index >= 15 is 0 Å². The Kier molecular flexibility index (Phi) is 5.31. The van der Waals surface area contributed by atoms with Gasteiger partial charge in [0.05, 0.1) is 31.8 Å². The molecule has 152 valence electrons. The number of carbonyl (C=O) groups is 1. The summed E-state index contributed by atoms with van der Waals surface area (Å²) in [4.78, 5) is 26.5. The van der Waals surface area contributed by atoms with E-state index in [1.807, 2.05) is 60.8 Å². The van der Waals surface area contributed by atoms with Crippen molar-refractivity contribution in [3.05, 3.63) is 80.6 Å². The number of aryl methyl sites for hydroxylation is 1. The number of amidine groups is 1. The Morgan fingerprint density at radius 2 is 2.06 bits per heavy atom. The molecule has 1 saturated heterocycles. The smallest absolute Gasteiger partial charge is 0.264 e. The molecule has 8 heteroatoms. The third-order valence-electron chi connectivity index (χ3n) is 4.66. The average molecular weight is 463 g/mol. The molecular weight excluding hydrogens is 448 g/mol. The Bertz CT molecular complexity index is 1390. The fourth-order valence-electron chi connectivity index (χ4n) is 3.18. The molecule has 1 aliphatic rings. The minimum absolute atomic E-state index is 0.183. The second-order valence-corrected chi connectivity index (χ2v) is 9.36. The number of aliphatic imine (C=N–C) groups is 1. The van der Waals surface area contributed by atoms with Crippen molar-refractivity contribution in [3.8, 4) is 11.3 Å². The lowest BCUT2D eigenvalue weighted by atomic mass is 10.1. The van der Waals surface area contributed by atoms with Gasteiger partial charge in [-0.25, -0.2) is 9.98 Å². The van der Waals surface area contributed by atoms with Crippen molar-refractivity contribution in [1.82, 2.24) is 15.3 Å². The molecule has 3 heterocycles. The van der Waals surface area contributed by atoms with Crippen LogP contribution in [0, 0.1) is 6.92 Å². The van der Waals surface area contributed by atoms with Crippen LogP contribution in [0.4, 0.5) is 5.69 Å². The van der Waals surface area contributed by atoms with Gasteiger partial charge in [-0.1, -0.05) is 29.8 Å². The van der Waals surface area contributed by atoms with Gasteiger partial charge >= 0.3 is 0 Å². The van der Waals surface area contributed by atoms with Crippen molar-refractivity contribution in [1.29, 1.82) is 0 Å². The van der Waals surface area contributed by atoms with Gasteiger partial charge in [-0.15, -0.1) is 11.3 Å². The Hall–Kier alpha value is -3.00. The number of amides is 1. The van der Waals surface area contributed by atoms with E-state index in [2.05, 4.69) is 20.3 Å². The summed E-state index contributed by atoms with van der Waals surface area (Å²) in [6, 6.07) is 15.4. The zero-order chi connectivity index (χ0) is 21.4. The standard InChI is InChI=1S/C23H15ClN4OS2/c1-13-26-20(12-30-13)16-5-6-17(24)19(11-16)27-23-28-22(29)21(31-23)10-14-4-7-18-15(9-14)3-2-8-25-18/h2-12H,1H3,(H,27,28,29)/b21-10-. The van der Waals surface area contributed by atoms with E-state index in [0.29, 0.717) is 20.8 Å². The number of halogens is 1. The number of hydrogen-bond acceptors (Lipinski definition) is 6. The summed E-state index contributed by atoms with van der Waals surface area (Å²) in [5, 5.41) is 7.85. The number of aromatic nitrogens is 2. The number of rotatable bonds is 3. The van der Waals surface area contributed by atoms with Gasteiger partial charge in [0.25, 0.3) is 5.91 Å². The van der Waals surface area contributed by atoms with Crippen molar-refractivity contribution in [3.63, 3.8) is 0 Å². The average Bonchev–Trinajstić information content (AvgIpc) is 3.35. The molecule has 0 unspecified atom stereocenters. The number of pyridine rings is 1. The third-order valence-corrected chi connectivity index (χ3v) is 6.66. The molecule has 0 bridgehead atoms. The Morgan fingerprint density at radius 3 is 2.90 bits per heavy atom. The summed E-state index contributed by atoms with van der Waals surface area (Å²) >= 11 is 9.24. The van der Waals surface area contributed by atoms with Crippen LogP contribution >= 0.6 is 34.7 Å². The zero-order valence-corrected chi connectivity index (χ0v) is 18.7. The molecule has 0 saturated carbocycles. The molecular formula is C23H15ClN4OS2. The van der Waals surface area contributed by atoms with Crippen LogP contribution in [0.15, 0.2) is 70.0 Å². The summed E-state index contributed by atoms with van der Waals surface area (Å²) < 4.78 is 0. The Morgan fingerprint density at radius 1 is 1.16 bits per heavy atom. The molecule has 1 fully saturated rings. The van der Waals surface area contributed by atoms with Crippen LogP contribution in [0.3, 0.4) is 0 Å². The second kappa shape index (κ2) is 8.26. The molecule has 1 aliphatic heterocycles. The van der Waals surface area contributed by atoms with Gasteiger partial charge in [-0.2, -0.15) is 0 Å². The van der Waals surface area contributed by atoms with Gasteiger partial charge in [0.2, 0.25) is 0 Å². The number of nitrogens with one attached hydrogen (secondary N) is 1. The van der Waals surface area contributed by atoms with Gasteiger partial charge in [0.15, 0.2) is 5.17 Å². The quantitative estimate of drug-likeness (QED) is 0.367. The summed E-state index contributed by atoms with van der Waals surface area (Å²) in [7, 11) is 0. The van der Waals surface area contributed by atoms with E-state index in [4.69, 9.17) is 11.6 Å².